The van der Waals surface area contributed by atoms with Crippen molar-refractivity contribution >= 4 is 10.1 Å². The third kappa shape index (κ3) is 9.21. The highest BCUT2D eigenvalue weighted by atomic mass is 32.2. The largest absolute Gasteiger partial charge is 0.487 e. The van der Waals surface area contributed by atoms with Gasteiger partial charge >= 0.3 is 0 Å². The molecule has 0 N–H and O–H groups in total. The number of hydrogen-bond donors (Lipinski definition) is 0. The fraction of sp³-hybridized carbons (Fsp3) is 0.500. The topological polar surface area (TPSA) is 98.8 Å². The summed E-state index contributed by atoms with van der Waals surface area (Å²) in [6.45, 7) is 4.57. The highest BCUT2D eigenvalue weighted by molar-refractivity contribution is 7.86. The summed E-state index contributed by atoms with van der Waals surface area (Å²) in [5, 5.41) is 0. The van der Waals surface area contributed by atoms with E-state index in [-0.39, 0.29) is 24.7 Å². The van der Waals surface area contributed by atoms with E-state index in [9.17, 15) is 8.42 Å². The molecule has 1 aliphatic heterocycles. The smallest absolute Gasteiger partial charge is 0.297 e. The van der Waals surface area contributed by atoms with Crippen molar-refractivity contribution in [1.82, 2.24) is 0 Å². The summed E-state index contributed by atoms with van der Waals surface area (Å²) in [6.07, 6.45) is -0.589. The molecule has 9 nitrogen and oxygen atoms in total. The van der Waals surface area contributed by atoms with Crippen LogP contribution in [0.3, 0.4) is 0 Å². The van der Waals surface area contributed by atoms with E-state index in [0.717, 1.165) is 5.56 Å². The normalized spacial score (nSPS) is 19.6. The quantitative estimate of drug-likeness (QED) is 0.592. The van der Waals surface area contributed by atoms with Gasteiger partial charge in [-0.05, 0) is 31.2 Å². The Bertz CT molecular complexity index is 947. The van der Waals surface area contributed by atoms with Crippen molar-refractivity contribution in [1.29, 1.82) is 0 Å². The molecule has 3 rings (SSSR count). The summed E-state index contributed by atoms with van der Waals surface area (Å²) in [5.74, 6) is 1.29. The summed E-state index contributed by atoms with van der Waals surface area (Å²) in [6, 6.07) is 13.9. The minimum atomic E-state index is -3.90. The molecule has 0 fully saturated rings. The van der Waals surface area contributed by atoms with Crippen LogP contribution in [0.2, 0.25) is 0 Å². The van der Waals surface area contributed by atoms with Crippen LogP contribution in [0.1, 0.15) is 5.56 Å². The van der Waals surface area contributed by atoms with Crippen LogP contribution in [-0.2, 0) is 33.2 Å². The minimum absolute atomic E-state index is 0.0970. The number of ether oxygens (including phenoxy) is 6. The molecule has 0 spiro atoms. The lowest BCUT2D eigenvalue weighted by molar-refractivity contribution is -0.0634. The van der Waals surface area contributed by atoms with E-state index in [1.54, 1.807) is 12.1 Å². The third-order valence-electron chi connectivity index (χ3n) is 4.80. The Kier molecular flexibility index (Phi) is 11.1. The van der Waals surface area contributed by atoms with Crippen molar-refractivity contribution in [2.24, 2.45) is 0 Å². The van der Waals surface area contributed by atoms with Crippen molar-refractivity contribution in [2.45, 2.75) is 17.9 Å². The molecule has 10 heteroatoms. The van der Waals surface area contributed by atoms with Crippen molar-refractivity contribution in [2.75, 3.05) is 66.1 Å². The number of fused-ring (bicyclic) bond motifs is 1. The van der Waals surface area contributed by atoms with E-state index < -0.39 is 16.2 Å². The maximum Gasteiger partial charge on any atom is 0.297 e. The van der Waals surface area contributed by atoms with Gasteiger partial charge in [0.2, 0.25) is 0 Å². The SMILES string of the molecule is Cc1ccc(S(=O)(=O)OCC2COCCOCCOc3ccccc3OCCOCCO2)cc1. The second-order valence-corrected chi connectivity index (χ2v) is 9.10. The number of benzene rings is 2. The van der Waals surface area contributed by atoms with Gasteiger partial charge in [0, 0.05) is 0 Å². The van der Waals surface area contributed by atoms with Gasteiger partial charge in [-0.1, -0.05) is 29.8 Å². The van der Waals surface area contributed by atoms with Gasteiger partial charge in [0.15, 0.2) is 11.5 Å². The first kappa shape index (κ1) is 26.4. The van der Waals surface area contributed by atoms with Gasteiger partial charge in [-0.3, -0.25) is 4.18 Å². The van der Waals surface area contributed by atoms with Gasteiger partial charge in [0.1, 0.15) is 19.3 Å². The Morgan fingerprint density at radius 1 is 0.765 bits per heavy atom. The first-order chi connectivity index (χ1) is 16.5. The molecule has 1 aliphatic rings. The number of rotatable bonds is 4. The van der Waals surface area contributed by atoms with Crippen molar-refractivity contribution in [3.63, 3.8) is 0 Å². The monoisotopic (exact) mass is 496 g/mol. The predicted molar refractivity (Wildman–Crippen MR) is 124 cm³/mol. The summed E-state index contributed by atoms with van der Waals surface area (Å²) >= 11 is 0. The first-order valence-corrected chi connectivity index (χ1v) is 12.6. The molecule has 2 aromatic carbocycles. The third-order valence-corrected chi connectivity index (χ3v) is 6.09. The second-order valence-electron chi connectivity index (χ2n) is 7.49. The van der Waals surface area contributed by atoms with Gasteiger partial charge < -0.3 is 28.4 Å². The van der Waals surface area contributed by atoms with Crippen LogP contribution < -0.4 is 9.47 Å². The Balaban J connectivity index is 1.50. The van der Waals surface area contributed by atoms with Crippen LogP contribution in [0.5, 0.6) is 11.5 Å². The van der Waals surface area contributed by atoms with E-state index >= 15 is 0 Å². The molecule has 1 atom stereocenters. The molecule has 0 aromatic heterocycles. The highest BCUT2D eigenvalue weighted by Crippen LogP contribution is 2.26. The van der Waals surface area contributed by atoms with Crippen LogP contribution in [0.15, 0.2) is 53.4 Å². The molecule has 0 radical (unpaired) electrons. The van der Waals surface area contributed by atoms with E-state index in [4.69, 9.17) is 32.6 Å². The van der Waals surface area contributed by atoms with E-state index in [2.05, 4.69) is 0 Å². The van der Waals surface area contributed by atoms with Gasteiger partial charge in [0.25, 0.3) is 10.1 Å². The number of aryl methyl sites for hydroxylation is 1. The zero-order valence-electron chi connectivity index (χ0n) is 19.3. The Labute approximate surface area is 200 Å². The first-order valence-electron chi connectivity index (χ1n) is 11.2. The summed E-state index contributed by atoms with van der Waals surface area (Å²) in [4.78, 5) is 0.0970. The van der Waals surface area contributed by atoms with Crippen LogP contribution in [0.25, 0.3) is 0 Å². The average molecular weight is 497 g/mol. The van der Waals surface area contributed by atoms with Gasteiger partial charge in [0.05, 0.1) is 57.8 Å². The zero-order valence-corrected chi connectivity index (χ0v) is 20.2. The van der Waals surface area contributed by atoms with Gasteiger partial charge in [-0.2, -0.15) is 8.42 Å². The van der Waals surface area contributed by atoms with Crippen LogP contribution in [-0.4, -0.2) is 80.6 Å². The Morgan fingerprint density at radius 3 is 1.97 bits per heavy atom. The van der Waals surface area contributed by atoms with Gasteiger partial charge in [-0.25, -0.2) is 0 Å². The average Bonchev–Trinajstić information content (AvgIpc) is 2.83. The molecule has 1 heterocycles. The fourth-order valence-corrected chi connectivity index (χ4v) is 3.94. The van der Waals surface area contributed by atoms with Gasteiger partial charge in [-0.15, -0.1) is 0 Å². The molecule has 188 valence electrons. The lowest BCUT2D eigenvalue weighted by Crippen LogP contribution is -2.29. The molecule has 0 aliphatic carbocycles. The van der Waals surface area contributed by atoms with Crippen LogP contribution in [0, 0.1) is 6.92 Å². The van der Waals surface area contributed by atoms with E-state index in [0.29, 0.717) is 57.7 Å². The second kappa shape index (κ2) is 14.2. The van der Waals surface area contributed by atoms with E-state index in [1.165, 1.54) is 12.1 Å². The fourth-order valence-electron chi connectivity index (χ4n) is 3.00. The summed E-state index contributed by atoms with van der Waals surface area (Å²) in [7, 11) is -3.90. The standard InChI is InChI=1S/C24H32O9S/c1-20-6-8-22(9-7-20)34(25,26)33-19-21-18-29-11-10-27-13-16-31-23-4-2-3-5-24(23)32-17-14-28-12-15-30-21/h2-9,21H,10-19H2,1H3. The zero-order chi connectivity index (χ0) is 24.1. The molecule has 1 unspecified atom stereocenters. The lowest BCUT2D eigenvalue weighted by atomic mass is 10.2. The van der Waals surface area contributed by atoms with Crippen molar-refractivity contribution < 1.29 is 41.0 Å². The molecule has 2 aromatic rings. The molecule has 0 saturated carbocycles. The molecule has 0 bridgehead atoms. The Hall–Kier alpha value is -2.21. The summed E-state index contributed by atoms with van der Waals surface area (Å²) < 4.78 is 64.1. The maximum atomic E-state index is 12.5. The highest BCUT2D eigenvalue weighted by Gasteiger charge is 2.19. The van der Waals surface area contributed by atoms with Crippen molar-refractivity contribution in [3.05, 3.63) is 54.1 Å². The summed E-state index contributed by atoms with van der Waals surface area (Å²) in [5.41, 5.74) is 0.961. The van der Waals surface area contributed by atoms with Crippen LogP contribution in [0.4, 0.5) is 0 Å². The minimum Gasteiger partial charge on any atom is -0.487 e. The lowest BCUT2D eigenvalue weighted by Gasteiger charge is -2.19. The molecule has 0 amide bonds. The molecular formula is C24H32O9S. The molecule has 34 heavy (non-hydrogen) atoms. The number of hydrogen-bond acceptors (Lipinski definition) is 9. The molecule has 0 saturated heterocycles. The predicted octanol–water partition coefficient (Wildman–Crippen LogP) is 2.61. The molecular weight excluding hydrogens is 464 g/mol. The van der Waals surface area contributed by atoms with Crippen LogP contribution >= 0.6 is 0 Å². The van der Waals surface area contributed by atoms with Crippen molar-refractivity contribution in [3.8, 4) is 11.5 Å². The Morgan fingerprint density at radius 2 is 1.32 bits per heavy atom. The number of para-hydroxylation sites is 2. The van der Waals surface area contributed by atoms with E-state index in [1.807, 2.05) is 31.2 Å². The maximum absolute atomic E-state index is 12.5.